The van der Waals surface area contributed by atoms with Crippen LogP contribution >= 0.6 is 0 Å². The lowest BCUT2D eigenvalue weighted by atomic mass is 10.1. The van der Waals surface area contributed by atoms with Gasteiger partial charge in [0.1, 0.15) is 5.75 Å². The molecule has 0 aliphatic heterocycles. The molecule has 0 fully saturated rings. The minimum atomic E-state index is 0.344. The van der Waals surface area contributed by atoms with Crippen molar-refractivity contribution in [2.24, 2.45) is 0 Å². The summed E-state index contributed by atoms with van der Waals surface area (Å²) in [5.74, 6) is 0.957. The molecular weight excluding hydrogens is 246 g/mol. The van der Waals surface area contributed by atoms with Crippen LogP contribution in [0.5, 0.6) is 5.75 Å². The van der Waals surface area contributed by atoms with Gasteiger partial charge in [-0.05, 0) is 36.6 Å². The summed E-state index contributed by atoms with van der Waals surface area (Å²) in [6, 6.07) is 19.1. The number of nitrogens with one attached hydrogen (secondary N) is 1. The Bertz CT molecular complexity index is 510. The molecule has 2 nitrogen and oxygen atoms in total. The van der Waals surface area contributed by atoms with Crippen LogP contribution in [0.2, 0.25) is 0 Å². The van der Waals surface area contributed by atoms with E-state index in [0.717, 1.165) is 25.3 Å². The molecule has 0 amide bonds. The second-order valence-electron chi connectivity index (χ2n) is 5.01. The molecule has 0 heterocycles. The predicted octanol–water partition coefficient (Wildman–Crippen LogP) is 4.33. The highest BCUT2D eigenvalue weighted by Gasteiger charge is 2.04. The van der Waals surface area contributed by atoms with Crippen molar-refractivity contribution < 1.29 is 4.74 Å². The van der Waals surface area contributed by atoms with Gasteiger partial charge in [-0.2, -0.15) is 0 Å². The summed E-state index contributed by atoms with van der Waals surface area (Å²) in [5.41, 5.74) is 2.56. The van der Waals surface area contributed by atoms with Gasteiger partial charge < -0.3 is 10.1 Å². The normalized spacial score (nSPS) is 12.1. The first-order valence-corrected chi connectivity index (χ1v) is 7.29. The van der Waals surface area contributed by atoms with Gasteiger partial charge in [0.05, 0.1) is 6.61 Å². The largest absolute Gasteiger partial charge is 0.494 e. The minimum Gasteiger partial charge on any atom is -0.494 e. The zero-order chi connectivity index (χ0) is 14.2. The van der Waals surface area contributed by atoms with Gasteiger partial charge in [-0.3, -0.25) is 0 Å². The van der Waals surface area contributed by atoms with Gasteiger partial charge >= 0.3 is 0 Å². The summed E-state index contributed by atoms with van der Waals surface area (Å²) < 4.78 is 5.66. The van der Waals surface area contributed by atoms with Crippen LogP contribution in [0.15, 0.2) is 54.6 Å². The zero-order valence-electron chi connectivity index (χ0n) is 12.3. The maximum atomic E-state index is 5.66. The Morgan fingerprint density at radius 2 is 1.85 bits per heavy atom. The van der Waals surface area contributed by atoms with E-state index in [0.29, 0.717) is 6.04 Å². The van der Waals surface area contributed by atoms with Gasteiger partial charge in [0, 0.05) is 12.6 Å². The first-order chi connectivity index (χ1) is 9.79. The molecule has 0 aromatic heterocycles. The van der Waals surface area contributed by atoms with Crippen molar-refractivity contribution in [3.63, 3.8) is 0 Å². The highest BCUT2D eigenvalue weighted by Crippen LogP contribution is 2.16. The van der Waals surface area contributed by atoms with Crippen LogP contribution in [0.4, 0.5) is 0 Å². The molecule has 0 aliphatic rings. The number of hydrogen-bond acceptors (Lipinski definition) is 2. The van der Waals surface area contributed by atoms with Crippen molar-refractivity contribution in [2.45, 2.75) is 32.9 Å². The smallest absolute Gasteiger partial charge is 0.119 e. The second kappa shape index (κ2) is 7.71. The molecule has 2 heteroatoms. The molecule has 2 rings (SSSR count). The average Bonchev–Trinajstić information content (AvgIpc) is 2.52. The molecule has 1 atom stereocenters. The fourth-order valence-electron chi connectivity index (χ4n) is 2.10. The Hall–Kier alpha value is -1.80. The molecule has 0 spiro atoms. The highest BCUT2D eigenvalue weighted by molar-refractivity contribution is 5.28. The van der Waals surface area contributed by atoms with Crippen molar-refractivity contribution in [1.29, 1.82) is 0 Å². The van der Waals surface area contributed by atoms with Crippen molar-refractivity contribution in [2.75, 3.05) is 6.61 Å². The van der Waals surface area contributed by atoms with Crippen LogP contribution in [-0.4, -0.2) is 6.61 Å². The molecule has 0 saturated heterocycles. The topological polar surface area (TPSA) is 21.3 Å². The van der Waals surface area contributed by atoms with E-state index in [9.17, 15) is 0 Å². The van der Waals surface area contributed by atoms with Crippen molar-refractivity contribution in [1.82, 2.24) is 5.32 Å². The Labute approximate surface area is 121 Å². The molecule has 1 N–H and O–H groups in total. The standard InChI is InChI=1S/C18H23NO/c1-3-12-20-18-11-7-8-16(13-18)14-19-15(2)17-9-5-4-6-10-17/h4-11,13,15,19H,3,12,14H2,1-2H3/t15-/m1/s1. The third-order valence-corrected chi connectivity index (χ3v) is 3.28. The van der Waals surface area contributed by atoms with E-state index in [-0.39, 0.29) is 0 Å². The van der Waals surface area contributed by atoms with Crippen LogP contribution in [-0.2, 0) is 6.54 Å². The van der Waals surface area contributed by atoms with Gasteiger partial charge in [-0.25, -0.2) is 0 Å². The summed E-state index contributed by atoms with van der Waals surface area (Å²) in [4.78, 5) is 0. The monoisotopic (exact) mass is 269 g/mol. The van der Waals surface area contributed by atoms with E-state index in [1.807, 2.05) is 12.1 Å². The van der Waals surface area contributed by atoms with Crippen LogP contribution in [0.1, 0.15) is 37.4 Å². The molecule has 2 aromatic carbocycles. The van der Waals surface area contributed by atoms with Crippen LogP contribution < -0.4 is 10.1 Å². The lowest BCUT2D eigenvalue weighted by Gasteiger charge is -2.14. The summed E-state index contributed by atoms with van der Waals surface area (Å²) in [6.45, 7) is 5.93. The summed E-state index contributed by atoms with van der Waals surface area (Å²) in [5, 5.41) is 3.54. The maximum Gasteiger partial charge on any atom is 0.119 e. The summed E-state index contributed by atoms with van der Waals surface area (Å²) in [7, 11) is 0. The molecule has 106 valence electrons. The van der Waals surface area contributed by atoms with Gasteiger partial charge in [-0.1, -0.05) is 49.4 Å². The lowest BCUT2D eigenvalue weighted by molar-refractivity contribution is 0.317. The summed E-state index contributed by atoms with van der Waals surface area (Å²) in [6.07, 6.45) is 1.04. The minimum absolute atomic E-state index is 0.344. The second-order valence-corrected chi connectivity index (χ2v) is 5.01. The number of benzene rings is 2. The predicted molar refractivity (Wildman–Crippen MR) is 83.9 cm³/mol. The number of hydrogen-bond donors (Lipinski definition) is 1. The van der Waals surface area contributed by atoms with Gasteiger partial charge in [-0.15, -0.1) is 0 Å². The van der Waals surface area contributed by atoms with Crippen LogP contribution in [0.3, 0.4) is 0 Å². The average molecular weight is 269 g/mol. The molecule has 2 aromatic rings. The summed E-state index contributed by atoms with van der Waals surface area (Å²) >= 11 is 0. The van der Waals surface area contributed by atoms with Gasteiger partial charge in [0.25, 0.3) is 0 Å². The first-order valence-electron chi connectivity index (χ1n) is 7.29. The molecule has 0 radical (unpaired) electrons. The van der Waals surface area contributed by atoms with Crippen molar-refractivity contribution in [3.05, 3.63) is 65.7 Å². The molecule has 0 unspecified atom stereocenters. The molecular formula is C18H23NO. The Kier molecular flexibility index (Phi) is 5.63. The zero-order valence-corrected chi connectivity index (χ0v) is 12.3. The molecule has 0 saturated carbocycles. The van der Waals surface area contributed by atoms with E-state index in [1.54, 1.807) is 0 Å². The van der Waals surface area contributed by atoms with Crippen molar-refractivity contribution in [3.8, 4) is 5.75 Å². The van der Waals surface area contributed by atoms with E-state index < -0.39 is 0 Å². The third kappa shape index (κ3) is 4.39. The van der Waals surface area contributed by atoms with E-state index >= 15 is 0 Å². The molecule has 0 bridgehead atoms. The fraction of sp³-hybridized carbons (Fsp3) is 0.333. The third-order valence-electron chi connectivity index (χ3n) is 3.28. The van der Waals surface area contributed by atoms with E-state index in [1.165, 1.54) is 11.1 Å². The molecule has 20 heavy (non-hydrogen) atoms. The fourth-order valence-corrected chi connectivity index (χ4v) is 2.10. The van der Waals surface area contributed by atoms with Crippen LogP contribution in [0.25, 0.3) is 0 Å². The quantitative estimate of drug-likeness (QED) is 0.808. The SMILES string of the molecule is CCCOc1cccc(CN[C@H](C)c2ccccc2)c1. The van der Waals surface area contributed by atoms with E-state index in [2.05, 4.69) is 61.6 Å². The van der Waals surface area contributed by atoms with E-state index in [4.69, 9.17) is 4.74 Å². The Morgan fingerprint density at radius 1 is 1.05 bits per heavy atom. The number of ether oxygens (including phenoxy) is 1. The maximum absolute atomic E-state index is 5.66. The van der Waals surface area contributed by atoms with Crippen molar-refractivity contribution >= 4 is 0 Å². The Morgan fingerprint density at radius 3 is 2.60 bits per heavy atom. The van der Waals surface area contributed by atoms with Crippen LogP contribution in [0, 0.1) is 0 Å². The first kappa shape index (κ1) is 14.6. The Balaban J connectivity index is 1.90. The molecule has 0 aliphatic carbocycles. The van der Waals surface area contributed by atoms with Gasteiger partial charge in [0.15, 0.2) is 0 Å². The highest BCUT2D eigenvalue weighted by atomic mass is 16.5. The lowest BCUT2D eigenvalue weighted by Crippen LogP contribution is -2.17. The van der Waals surface area contributed by atoms with Gasteiger partial charge in [0.2, 0.25) is 0 Å². The number of rotatable bonds is 7.